The maximum absolute atomic E-state index is 14.7. The topological polar surface area (TPSA) is 98.7 Å². The molecule has 4 rings (SSSR count). The quantitative estimate of drug-likeness (QED) is 0.455. The second kappa shape index (κ2) is 7.99. The highest BCUT2D eigenvalue weighted by molar-refractivity contribution is 5.77. The normalized spacial score (nSPS) is 14.9. The summed E-state index contributed by atoms with van der Waals surface area (Å²) in [6.07, 6.45) is -2.32. The van der Waals surface area contributed by atoms with E-state index in [2.05, 4.69) is 20.4 Å². The Bertz CT molecular complexity index is 1370. The van der Waals surface area contributed by atoms with Gasteiger partial charge in [-0.3, -0.25) is 4.79 Å². The first-order valence-electron chi connectivity index (χ1n) is 9.47. The molecule has 0 bridgehead atoms. The van der Waals surface area contributed by atoms with Crippen molar-refractivity contribution in [3.8, 4) is 0 Å². The summed E-state index contributed by atoms with van der Waals surface area (Å²) >= 11 is 0. The Morgan fingerprint density at radius 1 is 1.12 bits per heavy atom. The number of hydrogen-bond acceptors (Lipinski definition) is 6. The fraction of sp³-hybridized carbons (Fsp3) is 0.250. The molecule has 1 N–H and O–H groups in total. The van der Waals surface area contributed by atoms with Crippen LogP contribution in [0.15, 0.2) is 53.8 Å². The van der Waals surface area contributed by atoms with Gasteiger partial charge in [0.25, 0.3) is 5.56 Å². The number of halogens is 5. The maximum Gasteiger partial charge on any atom is 0.416 e. The molecule has 13 heteroatoms. The predicted molar refractivity (Wildman–Crippen MR) is 104 cm³/mol. The summed E-state index contributed by atoms with van der Waals surface area (Å²) in [4.78, 5) is 16.8. The van der Waals surface area contributed by atoms with Crippen molar-refractivity contribution in [2.24, 2.45) is 0 Å². The summed E-state index contributed by atoms with van der Waals surface area (Å²) in [7, 11) is 0. The average Bonchev–Trinajstić information content (AvgIpc) is 3.25. The molecule has 0 spiro atoms. The highest BCUT2D eigenvalue weighted by Gasteiger charge is 2.42. The van der Waals surface area contributed by atoms with E-state index >= 15 is 0 Å². The number of aliphatic hydroxyl groups is 1. The number of fused-ring (bicyclic) bond motifs is 1. The van der Waals surface area contributed by atoms with Crippen LogP contribution >= 0.6 is 0 Å². The van der Waals surface area contributed by atoms with Crippen molar-refractivity contribution < 1.29 is 27.1 Å². The van der Waals surface area contributed by atoms with Crippen molar-refractivity contribution in [3.05, 3.63) is 82.2 Å². The first-order valence-corrected chi connectivity index (χ1v) is 9.47. The summed E-state index contributed by atoms with van der Waals surface area (Å²) in [6, 6.07) is 3.49. The van der Waals surface area contributed by atoms with Crippen LogP contribution in [0.2, 0.25) is 0 Å². The number of rotatable bonds is 5. The predicted octanol–water partition coefficient (Wildman–Crippen LogP) is 2.83. The van der Waals surface area contributed by atoms with E-state index in [4.69, 9.17) is 0 Å². The van der Waals surface area contributed by atoms with Gasteiger partial charge in [0, 0.05) is 11.6 Å². The van der Waals surface area contributed by atoms with Crippen molar-refractivity contribution in [1.82, 2.24) is 29.8 Å². The molecule has 0 saturated heterocycles. The molecule has 0 aliphatic carbocycles. The third kappa shape index (κ3) is 4.06. The molecule has 0 aliphatic rings. The van der Waals surface area contributed by atoms with Crippen LogP contribution in [0.25, 0.3) is 10.9 Å². The molecule has 0 aliphatic heterocycles. The van der Waals surface area contributed by atoms with Gasteiger partial charge in [0.05, 0.1) is 23.5 Å². The summed E-state index contributed by atoms with van der Waals surface area (Å²) in [5.74, 6) is -2.00. The van der Waals surface area contributed by atoms with E-state index in [-0.39, 0.29) is 11.1 Å². The average molecular weight is 466 g/mol. The standard InChI is InChI=1S/C20H15F5N6O2/c1-11(31-18(32)14-6-12(20(23,24)25)2-5-17(14)28-29-31)19(33,8-30-10-26-9-27-30)15-4-3-13(21)7-16(15)22/h2-7,9-11,33H,8H2,1H3/t11-,19-/m1/s1. The fourth-order valence-corrected chi connectivity index (χ4v) is 3.53. The molecule has 2 aromatic heterocycles. The summed E-state index contributed by atoms with van der Waals surface area (Å²) < 4.78 is 69.4. The van der Waals surface area contributed by atoms with Gasteiger partial charge in [0.15, 0.2) is 0 Å². The van der Waals surface area contributed by atoms with Crippen LogP contribution in [0, 0.1) is 11.6 Å². The van der Waals surface area contributed by atoms with Gasteiger partial charge in [-0.15, -0.1) is 5.10 Å². The SMILES string of the molecule is C[C@@H](n1nnc2ccc(C(F)(F)F)cc2c1=O)[C@](O)(Cn1cncn1)c1ccc(F)cc1F. The number of alkyl halides is 3. The van der Waals surface area contributed by atoms with Crippen molar-refractivity contribution in [3.63, 3.8) is 0 Å². The van der Waals surface area contributed by atoms with Crippen LogP contribution in [0.4, 0.5) is 22.0 Å². The molecule has 2 heterocycles. The molecule has 2 atom stereocenters. The van der Waals surface area contributed by atoms with E-state index in [0.717, 1.165) is 35.3 Å². The van der Waals surface area contributed by atoms with Crippen LogP contribution in [-0.4, -0.2) is 34.9 Å². The number of hydrogen-bond donors (Lipinski definition) is 1. The fourth-order valence-electron chi connectivity index (χ4n) is 3.53. The minimum Gasteiger partial charge on any atom is -0.381 e. The minimum atomic E-state index is -4.70. The Labute approximate surface area is 181 Å². The molecule has 0 fully saturated rings. The molecule has 0 amide bonds. The van der Waals surface area contributed by atoms with Crippen molar-refractivity contribution in [2.75, 3.05) is 0 Å². The van der Waals surface area contributed by atoms with Crippen molar-refractivity contribution in [1.29, 1.82) is 0 Å². The van der Waals surface area contributed by atoms with Gasteiger partial charge >= 0.3 is 6.18 Å². The van der Waals surface area contributed by atoms with Crippen molar-refractivity contribution in [2.45, 2.75) is 31.3 Å². The molecule has 0 saturated carbocycles. The lowest BCUT2D eigenvalue weighted by Gasteiger charge is -2.34. The van der Waals surface area contributed by atoms with Gasteiger partial charge < -0.3 is 5.11 Å². The van der Waals surface area contributed by atoms with Gasteiger partial charge in [0.1, 0.15) is 35.4 Å². The van der Waals surface area contributed by atoms with Crippen molar-refractivity contribution >= 4 is 10.9 Å². The molecule has 8 nitrogen and oxygen atoms in total. The minimum absolute atomic E-state index is 0.0933. The maximum atomic E-state index is 14.7. The monoisotopic (exact) mass is 466 g/mol. The highest BCUT2D eigenvalue weighted by atomic mass is 19.4. The van der Waals surface area contributed by atoms with E-state index < -0.39 is 52.5 Å². The molecular formula is C20H15F5N6O2. The van der Waals surface area contributed by atoms with Gasteiger partial charge in [0.2, 0.25) is 0 Å². The molecule has 33 heavy (non-hydrogen) atoms. The van der Waals surface area contributed by atoms with E-state index in [0.29, 0.717) is 16.8 Å². The van der Waals surface area contributed by atoms with Gasteiger partial charge in [-0.25, -0.2) is 23.1 Å². The van der Waals surface area contributed by atoms with E-state index in [1.165, 1.54) is 13.3 Å². The second-order valence-electron chi connectivity index (χ2n) is 7.39. The third-order valence-corrected chi connectivity index (χ3v) is 5.34. The van der Waals surface area contributed by atoms with Crippen LogP contribution < -0.4 is 5.56 Å². The smallest absolute Gasteiger partial charge is 0.381 e. The number of nitrogens with zero attached hydrogens (tertiary/aromatic N) is 6. The number of aromatic nitrogens is 6. The van der Waals surface area contributed by atoms with E-state index in [1.54, 1.807) is 0 Å². The Kier molecular flexibility index (Phi) is 5.44. The molecule has 172 valence electrons. The Balaban J connectivity index is 1.89. The molecule has 2 aromatic carbocycles. The first-order chi connectivity index (χ1) is 15.5. The van der Waals surface area contributed by atoms with E-state index in [9.17, 15) is 31.9 Å². The first kappa shape index (κ1) is 22.5. The molecular weight excluding hydrogens is 451 g/mol. The van der Waals surface area contributed by atoms with Gasteiger partial charge in [-0.2, -0.15) is 18.3 Å². The Morgan fingerprint density at radius 3 is 2.52 bits per heavy atom. The third-order valence-electron chi connectivity index (χ3n) is 5.34. The molecule has 4 aromatic rings. The zero-order valence-corrected chi connectivity index (χ0v) is 16.8. The van der Waals surface area contributed by atoms with Gasteiger partial charge in [-0.1, -0.05) is 11.3 Å². The van der Waals surface area contributed by atoms with Gasteiger partial charge in [-0.05, 0) is 31.2 Å². The lowest BCUT2D eigenvalue weighted by Crippen LogP contribution is -2.44. The van der Waals surface area contributed by atoms with Crippen LogP contribution in [0.1, 0.15) is 24.1 Å². The zero-order valence-electron chi connectivity index (χ0n) is 16.8. The summed E-state index contributed by atoms with van der Waals surface area (Å²) in [5.41, 5.74) is -4.78. The Morgan fingerprint density at radius 2 is 1.88 bits per heavy atom. The Hall–Kier alpha value is -3.74. The number of benzene rings is 2. The largest absolute Gasteiger partial charge is 0.416 e. The van der Waals surface area contributed by atoms with Crippen LogP contribution in [0.5, 0.6) is 0 Å². The van der Waals surface area contributed by atoms with E-state index in [1.807, 2.05) is 0 Å². The van der Waals surface area contributed by atoms with Crippen LogP contribution in [0.3, 0.4) is 0 Å². The zero-order chi connectivity index (χ0) is 24.0. The molecule has 0 radical (unpaired) electrons. The molecule has 0 unspecified atom stereocenters. The second-order valence-corrected chi connectivity index (χ2v) is 7.39. The van der Waals surface area contributed by atoms with Crippen LogP contribution in [-0.2, 0) is 18.3 Å². The summed E-state index contributed by atoms with van der Waals surface area (Å²) in [5, 5.41) is 22.5. The lowest BCUT2D eigenvalue weighted by atomic mass is 9.86. The highest BCUT2D eigenvalue weighted by Crippen LogP contribution is 2.36. The lowest BCUT2D eigenvalue weighted by molar-refractivity contribution is -0.137. The summed E-state index contributed by atoms with van der Waals surface area (Å²) in [6.45, 7) is 0.862.